The van der Waals surface area contributed by atoms with E-state index in [9.17, 15) is 5.11 Å². The molecule has 2 N–H and O–H groups in total. The summed E-state index contributed by atoms with van der Waals surface area (Å²) in [7, 11) is -1.64. The molecule has 1 unspecified atom stereocenters. The van der Waals surface area contributed by atoms with Crippen molar-refractivity contribution in [2.24, 2.45) is 5.11 Å². The van der Waals surface area contributed by atoms with Gasteiger partial charge in [0.1, 0.15) is 0 Å². The van der Waals surface area contributed by atoms with Crippen molar-refractivity contribution in [3.8, 4) is 0 Å². The minimum atomic E-state index is -1.64. The molecule has 1 atom stereocenters. The van der Waals surface area contributed by atoms with Crippen molar-refractivity contribution in [1.82, 2.24) is 0 Å². The average Bonchev–Trinajstić information content (AvgIpc) is 2.11. The Labute approximate surface area is 100 Å². The summed E-state index contributed by atoms with van der Waals surface area (Å²) in [5.74, 6) is 0. The molecule has 0 saturated carbocycles. The number of aliphatic hydroxyl groups excluding tert-OH is 1. The van der Waals surface area contributed by atoms with Crippen LogP contribution in [0, 0.1) is 5.53 Å². The topological polar surface area (TPSA) is 65.7 Å². The van der Waals surface area contributed by atoms with E-state index in [-0.39, 0.29) is 11.6 Å². The van der Waals surface area contributed by atoms with Gasteiger partial charge in [-0.3, -0.25) is 0 Å². The monoisotopic (exact) mass is 246 g/mol. The van der Waals surface area contributed by atoms with Crippen LogP contribution in [-0.2, 0) is 4.43 Å². The highest BCUT2D eigenvalue weighted by molar-refractivity contribution is 6.74. The van der Waals surface area contributed by atoms with E-state index in [4.69, 9.17) is 9.96 Å². The number of hydrogen-bond donors (Lipinski definition) is 2. The fraction of sp³-hybridized carbons (Fsp3) is 1.00. The number of aliphatic hydroxyl groups is 1. The molecular weight excluding hydrogens is 220 g/mol. The maximum atomic E-state index is 9.38. The predicted molar refractivity (Wildman–Crippen MR) is 68.4 cm³/mol. The molecule has 0 heterocycles. The van der Waals surface area contributed by atoms with E-state index in [1.54, 1.807) is 0 Å². The Morgan fingerprint density at radius 2 is 1.94 bits per heavy atom. The van der Waals surface area contributed by atoms with E-state index in [0.717, 1.165) is 6.42 Å². The molecule has 96 valence electrons. The Hall–Kier alpha value is -0.263. The first-order valence-corrected chi connectivity index (χ1v) is 8.77. The molecule has 0 aliphatic heterocycles. The molecule has 0 amide bonds. The van der Waals surface area contributed by atoms with Crippen LogP contribution in [0.15, 0.2) is 5.11 Å². The molecule has 0 saturated heterocycles. The van der Waals surface area contributed by atoms with E-state index < -0.39 is 14.4 Å². The van der Waals surface area contributed by atoms with Crippen molar-refractivity contribution < 1.29 is 9.53 Å². The summed E-state index contributed by atoms with van der Waals surface area (Å²) in [5, 5.41) is 12.8. The van der Waals surface area contributed by atoms with Gasteiger partial charge in [0.2, 0.25) is 0 Å². The lowest BCUT2D eigenvalue weighted by atomic mass is 10.2. The molecule has 0 bridgehead atoms. The zero-order chi connectivity index (χ0) is 12.8. The van der Waals surface area contributed by atoms with Gasteiger partial charge in [-0.05, 0) is 31.0 Å². The Bertz CT molecular complexity index is 215. The third-order valence-corrected chi connectivity index (χ3v) is 7.79. The minimum absolute atomic E-state index is 0.208. The van der Waals surface area contributed by atoms with Gasteiger partial charge in [0.05, 0.1) is 12.6 Å². The number of hydrogen-bond acceptors (Lipinski definition) is 4. The van der Waals surface area contributed by atoms with Crippen molar-refractivity contribution in [3.05, 3.63) is 0 Å². The van der Waals surface area contributed by atoms with Crippen molar-refractivity contribution in [1.29, 1.82) is 5.53 Å². The normalized spacial score (nSPS) is 14.9. The fourth-order valence-corrected chi connectivity index (χ4v) is 2.15. The Kier molecular flexibility index (Phi) is 6.36. The molecule has 0 spiro atoms. The maximum Gasteiger partial charge on any atom is 0.191 e. The van der Waals surface area contributed by atoms with Crippen LogP contribution in [0.1, 0.15) is 33.6 Å². The van der Waals surface area contributed by atoms with Gasteiger partial charge in [0.25, 0.3) is 0 Å². The van der Waals surface area contributed by atoms with Gasteiger partial charge in [-0.1, -0.05) is 20.8 Å². The van der Waals surface area contributed by atoms with Gasteiger partial charge in [0, 0.05) is 6.61 Å². The Morgan fingerprint density at radius 1 is 1.38 bits per heavy atom. The van der Waals surface area contributed by atoms with E-state index in [2.05, 4.69) is 39.0 Å². The zero-order valence-corrected chi connectivity index (χ0v) is 12.2. The predicted octanol–water partition coefficient (Wildman–Crippen LogP) is 3.18. The lowest BCUT2D eigenvalue weighted by molar-refractivity contribution is 0.156. The van der Waals surface area contributed by atoms with E-state index in [0.29, 0.717) is 13.0 Å². The minimum Gasteiger partial charge on any atom is -0.417 e. The largest absolute Gasteiger partial charge is 0.417 e. The first kappa shape index (κ1) is 15.7. The van der Waals surface area contributed by atoms with Gasteiger partial charge in [-0.15, -0.1) is 0 Å². The molecule has 0 aromatic rings. The third kappa shape index (κ3) is 5.72. The summed E-state index contributed by atoms with van der Waals surface area (Å²) in [6, 6.07) is 0. The van der Waals surface area contributed by atoms with Crippen LogP contribution in [0.3, 0.4) is 0 Å². The quantitative estimate of drug-likeness (QED) is 0.411. The van der Waals surface area contributed by atoms with Crippen molar-refractivity contribution >= 4 is 8.32 Å². The number of nitrogens with one attached hydrogen (secondary N) is 1. The second kappa shape index (κ2) is 6.47. The summed E-state index contributed by atoms with van der Waals surface area (Å²) >= 11 is 0. The van der Waals surface area contributed by atoms with E-state index in [1.807, 2.05) is 0 Å². The lowest BCUT2D eigenvalue weighted by Gasteiger charge is -2.36. The molecule has 0 fully saturated rings. The highest BCUT2D eigenvalue weighted by Gasteiger charge is 2.36. The van der Waals surface area contributed by atoms with Gasteiger partial charge >= 0.3 is 0 Å². The Balaban J connectivity index is 3.78. The average molecular weight is 246 g/mol. The molecule has 0 aromatic carbocycles. The summed E-state index contributed by atoms with van der Waals surface area (Å²) in [4.78, 5) is 0. The lowest BCUT2D eigenvalue weighted by Crippen LogP contribution is -2.41. The first-order chi connectivity index (χ1) is 7.20. The second-order valence-corrected chi connectivity index (χ2v) is 10.6. The van der Waals surface area contributed by atoms with Crippen LogP contribution in [0.2, 0.25) is 18.1 Å². The van der Waals surface area contributed by atoms with Crippen LogP contribution in [-0.4, -0.2) is 32.7 Å². The smallest absolute Gasteiger partial charge is 0.191 e. The molecule has 5 heteroatoms. The molecule has 0 aromatic heterocycles. The summed E-state index contributed by atoms with van der Waals surface area (Å²) in [6.45, 7) is 12.0. The van der Waals surface area contributed by atoms with Gasteiger partial charge in [0.15, 0.2) is 8.32 Å². The van der Waals surface area contributed by atoms with E-state index >= 15 is 0 Å². The summed E-state index contributed by atoms with van der Waals surface area (Å²) in [5.41, 5.74) is 6.64. The fourth-order valence-electron chi connectivity index (χ4n) is 1.06. The molecular formula is C11H26N2O2Si. The molecule has 0 radical (unpaired) electrons. The van der Waals surface area contributed by atoms with Crippen LogP contribution in [0.5, 0.6) is 0 Å². The molecule has 0 aliphatic rings. The van der Waals surface area contributed by atoms with Crippen molar-refractivity contribution in [2.75, 3.05) is 13.2 Å². The standard InChI is InChI=1S/C11H26N2O2Si/c1-11(2,3)16(4,5)15-8-6-7-10(14)9-13-12/h10,12,14H,6-9H2,1-5H3. The zero-order valence-electron chi connectivity index (χ0n) is 11.2. The van der Waals surface area contributed by atoms with Gasteiger partial charge in [-0.2, -0.15) is 5.11 Å². The molecule has 0 rings (SSSR count). The SMILES string of the molecule is CC(C)(C)[Si](C)(C)OCCCC(O)CN=N. The van der Waals surface area contributed by atoms with Crippen LogP contribution >= 0.6 is 0 Å². The number of nitrogens with zero attached hydrogens (tertiary/aromatic N) is 1. The summed E-state index contributed by atoms with van der Waals surface area (Å²) < 4.78 is 5.97. The summed E-state index contributed by atoms with van der Waals surface area (Å²) in [6.07, 6.45) is 1.01. The molecule has 16 heavy (non-hydrogen) atoms. The first-order valence-electron chi connectivity index (χ1n) is 5.86. The highest BCUT2D eigenvalue weighted by atomic mass is 28.4. The number of rotatable bonds is 7. The van der Waals surface area contributed by atoms with Crippen LogP contribution < -0.4 is 0 Å². The van der Waals surface area contributed by atoms with Gasteiger partial charge in [-0.25, -0.2) is 5.53 Å². The van der Waals surface area contributed by atoms with Gasteiger partial charge < -0.3 is 9.53 Å². The van der Waals surface area contributed by atoms with Crippen molar-refractivity contribution in [3.63, 3.8) is 0 Å². The van der Waals surface area contributed by atoms with Crippen molar-refractivity contribution in [2.45, 2.75) is 57.8 Å². The molecule has 4 nitrogen and oxygen atoms in total. The second-order valence-electron chi connectivity index (χ2n) is 5.75. The van der Waals surface area contributed by atoms with E-state index in [1.165, 1.54) is 0 Å². The molecule has 0 aliphatic carbocycles. The maximum absolute atomic E-state index is 9.38. The van der Waals surface area contributed by atoms with Crippen LogP contribution in [0.4, 0.5) is 0 Å². The van der Waals surface area contributed by atoms with Crippen LogP contribution in [0.25, 0.3) is 0 Å². The Morgan fingerprint density at radius 3 is 2.38 bits per heavy atom. The highest BCUT2D eigenvalue weighted by Crippen LogP contribution is 2.36. The third-order valence-electron chi connectivity index (χ3n) is 3.25.